The fourth-order valence-corrected chi connectivity index (χ4v) is 2.86. The lowest BCUT2D eigenvalue weighted by Crippen LogP contribution is -2.51. The van der Waals surface area contributed by atoms with Crippen molar-refractivity contribution in [2.24, 2.45) is 0 Å². The number of hydrogen-bond acceptors (Lipinski definition) is 3. The van der Waals surface area contributed by atoms with Crippen LogP contribution in [0.3, 0.4) is 0 Å². The Morgan fingerprint density at radius 3 is 2.39 bits per heavy atom. The average Bonchev–Trinajstić information content (AvgIpc) is 3.17. The molecule has 0 aromatic heterocycles. The van der Waals surface area contributed by atoms with E-state index in [1.165, 1.54) is 32.4 Å². The Labute approximate surface area is 113 Å². The van der Waals surface area contributed by atoms with E-state index in [1.54, 1.807) is 0 Å². The van der Waals surface area contributed by atoms with Crippen molar-refractivity contribution in [3.63, 3.8) is 0 Å². The quantitative estimate of drug-likeness (QED) is 0.630. The van der Waals surface area contributed by atoms with Crippen LogP contribution in [0.1, 0.15) is 59.8 Å². The summed E-state index contributed by atoms with van der Waals surface area (Å²) < 4.78 is 0. The van der Waals surface area contributed by atoms with Gasteiger partial charge in [-0.05, 0) is 45.2 Å². The molecule has 0 bridgehead atoms. The second-order valence-corrected chi connectivity index (χ2v) is 6.05. The van der Waals surface area contributed by atoms with Gasteiger partial charge in [0.1, 0.15) is 0 Å². The van der Waals surface area contributed by atoms with E-state index in [-0.39, 0.29) is 12.1 Å². The first-order valence-corrected chi connectivity index (χ1v) is 7.69. The van der Waals surface area contributed by atoms with Crippen LogP contribution >= 0.6 is 0 Å². The van der Waals surface area contributed by atoms with Crippen molar-refractivity contribution < 1.29 is 5.11 Å². The summed E-state index contributed by atoms with van der Waals surface area (Å²) in [7, 11) is 0. The maximum Gasteiger partial charge on any atom is 0.0613 e. The summed E-state index contributed by atoms with van der Waals surface area (Å²) in [6, 6.07) is 1.29. The molecule has 108 valence electrons. The Kier molecular flexibility index (Phi) is 6.61. The topological polar surface area (TPSA) is 35.5 Å². The third kappa shape index (κ3) is 4.87. The second kappa shape index (κ2) is 7.46. The molecule has 0 aromatic carbocycles. The highest BCUT2D eigenvalue weighted by Crippen LogP contribution is 2.27. The van der Waals surface area contributed by atoms with Gasteiger partial charge in [0.15, 0.2) is 0 Å². The number of nitrogens with one attached hydrogen (secondary N) is 1. The van der Waals surface area contributed by atoms with E-state index >= 15 is 0 Å². The van der Waals surface area contributed by atoms with Crippen molar-refractivity contribution in [2.75, 3.05) is 19.7 Å². The number of aliphatic hydroxyl groups is 1. The minimum atomic E-state index is -0.0723. The Morgan fingerprint density at radius 1 is 1.33 bits per heavy atom. The van der Waals surface area contributed by atoms with Crippen molar-refractivity contribution >= 4 is 0 Å². The molecule has 3 nitrogen and oxygen atoms in total. The molecular weight excluding hydrogens is 224 g/mol. The van der Waals surface area contributed by atoms with Crippen molar-refractivity contribution in [1.82, 2.24) is 10.2 Å². The molecule has 1 fully saturated rings. The SMILES string of the molecule is CCN(CCCC(CC)(CO)NC(C)C)C1CC1. The predicted octanol–water partition coefficient (Wildman–Crippen LogP) is 2.39. The van der Waals surface area contributed by atoms with Crippen LogP contribution in [-0.2, 0) is 0 Å². The van der Waals surface area contributed by atoms with Gasteiger partial charge >= 0.3 is 0 Å². The number of aliphatic hydroxyl groups excluding tert-OH is 1. The van der Waals surface area contributed by atoms with Crippen LogP contribution in [0.15, 0.2) is 0 Å². The largest absolute Gasteiger partial charge is 0.394 e. The third-order valence-electron chi connectivity index (χ3n) is 4.14. The zero-order valence-electron chi connectivity index (χ0n) is 12.7. The molecule has 18 heavy (non-hydrogen) atoms. The van der Waals surface area contributed by atoms with Gasteiger partial charge in [0.25, 0.3) is 0 Å². The van der Waals surface area contributed by atoms with E-state index in [2.05, 4.69) is 37.9 Å². The summed E-state index contributed by atoms with van der Waals surface area (Å²) in [6.45, 7) is 11.3. The van der Waals surface area contributed by atoms with E-state index in [1.807, 2.05) is 0 Å². The van der Waals surface area contributed by atoms with Crippen LogP contribution in [0.25, 0.3) is 0 Å². The smallest absolute Gasteiger partial charge is 0.0613 e. The van der Waals surface area contributed by atoms with Crippen molar-refractivity contribution in [3.05, 3.63) is 0 Å². The Balaban J connectivity index is 2.36. The van der Waals surface area contributed by atoms with Crippen LogP contribution in [0.5, 0.6) is 0 Å². The van der Waals surface area contributed by atoms with Crippen LogP contribution in [-0.4, -0.2) is 47.3 Å². The Hall–Kier alpha value is -0.120. The highest BCUT2D eigenvalue weighted by Gasteiger charge is 2.30. The lowest BCUT2D eigenvalue weighted by molar-refractivity contribution is 0.129. The zero-order valence-corrected chi connectivity index (χ0v) is 12.7. The molecule has 2 N–H and O–H groups in total. The Morgan fingerprint density at radius 2 is 2.00 bits per heavy atom. The standard InChI is InChI=1S/C15H32N2O/c1-5-15(12-18,16-13(3)4)10-7-11-17(6-2)14-8-9-14/h13-14,16,18H,5-12H2,1-4H3. The number of nitrogens with zero attached hydrogens (tertiary/aromatic N) is 1. The van der Waals surface area contributed by atoms with Gasteiger partial charge in [-0.1, -0.05) is 27.7 Å². The maximum atomic E-state index is 9.69. The van der Waals surface area contributed by atoms with Gasteiger partial charge in [-0.3, -0.25) is 0 Å². The fraction of sp³-hybridized carbons (Fsp3) is 1.00. The summed E-state index contributed by atoms with van der Waals surface area (Å²) in [5.74, 6) is 0. The Bertz CT molecular complexity index is 223. The monoisotopic (exact) mass is 256 g/mol. The van der Waals surface area contributed by atoms with Gasteiger partial charge in [0.05, 0.1) is 6.61 Å². The molecule has 1 atom stereocenters. The molecule has 0 saturated heterocycles. The van der Waals surface area contributed by atoms with Gasteiger partial charge in [0, 0.05) is 17.6 Å². The molecule has 0 heterocycles. The van der Waals surface area contributed by atoms with Crippen LogP contribution in [0.4, 0.5) is 0 Å². The van der Waals surface area contributed by atoms with Crippen LogP contribution in [0.2, 0.25) is 0 Å². The maximum absolute atomic E-state index is 9.69. The molecule has 1 saturated carbocycles. The summed E-state index contributed by atoms with van der Waals surface area (Å²) in [4.78, 5) is 2.59. The summed E-state index contributed by atoms with van der Waals surface area (Å²) in [5.41, 5.74) is -0.0723. The fourth-order valence-electron chi connectivity index (χ4n) is 2.86. The minimum Gasteiger partial charge on any atom is -0.394 e. The number of rotatable bonds is 10. The van der Waals surface area contributed by atoms with Crippen molar-refractivity contribution in [2.45, 2.75) is 77.4 Å². The minimum absolute atomic E-state index is 0.0723. The second-order valence-electron chi connectivity index (χ2n) is 6.05. The van der Waals surface area contributed by atoms with Gasteiger partial charge in [0.2, 0.25) is 0 Å². The molecule has 1 aliphatic rings. The summed E-state index contributed by atoms with van der Waals surface area (Å²) >= 11 is 0. The summed E-state index contributed by atoms with van der Waals surface area (Å²) in [6.07, 6.45) is 6.02. The van der Waals surface area contributed by atoms with E-state index in [4.69, 9.17) is 0 Å². The van der Waals surface area contributed by atoms with E-state index in [0.717, 1.165) is 18.9 Å². The summed E-state index contributed by atoms with van der Waals surface area (Å²) in [5, 5.41) is 13.3. The molecule has 3 heteroatoms. The lowest BCUT2D eigenvalue weighted by Gasteiger charge is -2.35. The molecular formula is C15H32N2O. The molecule has 1 unspecified atom stereocenters. The van der Waals surface area contributed by atoms with E-state index in [9.17, 15) is 5.11 Å². The van der Waals surface area contributed by atoms with E-state index in [0.29, 0.717) is 6.04 Å². The highest BCUT2D eigenvalue weighted by molar-refractivity contribution is 4.89. The normalized spacial score (nSPS) is 19.5. The molecule has 1 rings (SSSR count). The zero-order chi connectivity index (χ0) is 13.6. The van der Waals surface area contributed by atoms with Crippen molar-refractivity contribution in [1.29, 1.82) is 0 Å². The molecule has 0 radical (unpaired) electrons. The molecule has 0 aliphatic heterocycles. The van der Waals surface area contributed by atoms with Crippen LogP contribution < -0.4 is 5.32 Å². The molecule has 0 amide bonds. The first-order chi connectivity index (χ1) is 8.56. The molecule has 0 spiro atoms. The van der Waals surface area contributed by atoms with Crippen molar-refractivity contribution in [3.8, 4) is 0 Å². The number of hydrogen-bond donors (Lipinski definition) is 2. The van der Waals surface area contributed by atoms with Gasteiger partial charge in [-0.2, -0.15) is 0 Å². The highest BCUT2D eigenvalue weighted by atomic mass is 16.3. The predicted molar refractivity (Wildman–Crippen MR) is 77.9 cm³/mol. The van der Waals surface area contributed by atoms with E-state index < -0.39 is 0 Å². The first kappa shape index (κ1) is 15.9. The van der Waals surface area contributed by atoms with Gasteiger partial charge in [-0.25, -0.2) is 0 Å². The van der Waals surface area contributed by atoms with Gasteiger partial charge < -0.3 is 15.3 Å². The lowest BCUT2D eigenvalue weighted by atomic mass is 9.90. The molecule has 0 aromatic rings. The molecule has 1 aliphatic carbocycles. The average molecular weight is 256 g/mol. The van der Waals surface area contributed by atoms with Gasteiger partial charge in [-0.15, -0.1) is 0 Å². The first-order valence-electron chi connectivity index (χ1n) is 7.69. The van der Waals surface area contributed by atoms with Crippen LogP contribution in [0, 0.1) is 0 Å². The third-order valence-corrected chi connectivity index (χ3v) is 4.14.